The monoisotopic (exact) mass is 280 g/mol. The van der Waals surface area contributed by atoms with Gasteiger partial charge in [-0.05, 0) is 13.8 Å². The number of hydrogen-bond donors (Lipinski definition) is 1. The van der Waals surface area contributed by atoms with Gasteiger partial charge < -0.3 is 15.4 Å². The molecule has 0 saturated carbocycles. The van der Waals surface area contributed by atoms with E-state index < -0.39 is 0 Å². The van der Waals surface area contributed by atoms with Crippen LogP contribution in [0.25, 0.3) is 0 Å². The SMILES string of the molecule is CCOc1nc(N)nc(N(C)Cc2scnc2C)n1. The number of nitrogens with zero attached hydrogens (tertiary/aromatic N) is 5. The van der Waals surface area contributed by atoms with Gasteiger partial charge in [-0.25, -0.2) is 4.98 Å². The predicted molar refractivity (Wildman–Crippen MR) is 74.4 cm³/mol. The van der Waals surface area contributed by atoms with Crippen molar-refractivity contribution in [1.29, 1.82) is 0 Å². The Bertz CT molecular complexity index is 558. The van der Waals surface area contributed by atoms with Gasteiger partial charge in [0.05, 0.1) is 24.4 Å². The molecule has 0 saturated heterocycles. The highest BCUT2D eigenvalue weighted by Crippen LogP contribution is 2.18. The minimum atomic E-state index is 0.154. The summed E-state index contributed by atoms with van der Waals surface area (Å²) in [5.74, 6) is 0.644. The lowest BCUT2D eigenvalue weighted by Gasteiger charge is -2.16. The van der Waals surface area contributed by atoms with Crippen molar-refractivity contribution >= 4 is 23.2 Å². The molecule has 0 unspecified atom stereocenters. The maximum absolute atomic E-state index is 5.65. The van der Waals surface area contributed by atoms with E-state index in [1.807, 2.05) is 31.3 Å². The van der Waals surface area contributed by atoms with E-state index in [9.17, 15) is 0 Å². The van der Waals surface area contributed by atoms with Crippen molar-refractivity contribution in [3.8, 4) is 6.01 Å². The number of ether oxygens (including phenoxy) is 1. The molecule has 102 valence electrons. The van der Waals surface area contributed by atoms with Gasteiger partial charge in [-0.1, -0.05) is 0 Å². The van der Waals surface area contributed by atoms with Crippen LogP contribution in [0.2, 0.25) is 0 Å². The van der Waals surface area contributed by atoms with Crippen LogP contribution in [0.5, 0.6) is 6.01 Å². The van der Waals surface area contributed by atoms with Gasteiger partial charge in [-0.2, -0.15) is 15.0 Å². The van der Waals surface area contributed by atoms with E-state index in [0.29, 0.717) is 19.1 Å². The minimum absolute atomic E-state index is 0.154. The van der Waals surface area contributed by atoms with Crippen molar-refractivity contribution in [1.82, 2.24) is 19.9 Å². The summed E-state index contributed by atoms with van der Waals surface area (Å²) in [6.45, 7) is 5.00. The fourth-order valence-corrected chi connectivity index (χ4v) is 2.32. The Hall–Kier alpha value is -1.96. The topological polar surface area (TPSA) is 90.0 Å². The number of anilines is 2. The third-order valence-corrected chi connectivity index (χ3v) is 3.38. The average molecular weight is 280 g/mol. The molecule has 2 N–H and O–H groups in total. The van der Waals surface area contributed by atoms with E-state index >= 15 is 0 Å². The smallest absolute Gasteiger partial charge is 0.323 e. The summed E-state index contributed by atoms with van der Waals surface area (Å²) in [5.41, 5.74) is 8.49. The van der Waals surface area contributed by atoms with Crippen molar-refractivity contribution in [3.63, 3.8) is 0 Å². The number of nitrogen functional groups attached to an aromatic ring is 1. The number of hydrogen-bond acceptors (Lipinski definition) is 8. The molecule has 0 amide bonds. The molecule has 0 atom stereocenters. The second kappa shape index (κ2) is 5.79. The van der Waals surface area contributed by atoms with E-state index in [0.717, 1.165) is 5.69 Å². The van der Waals surface area contributed by atoms with E-state index in [1.165, 1.54) is 4.88 Å². The van der Waals surface area contributed by atoms with Crippen LogP contribution >= 0.6 is 11.3 Å². The Balaban J connectivity index is 2.18. The Morgan fingerprint density at radius 2 is 2.16 bits per heavy atom. The maximum atomic E-state index is 5.65. The van der Waals surface area contributed by atoms with Crippen LogP contribution in [0.4, 0.5) is 11.9 Å². The first kappa shape index (κ1) is 13.5. The molecular weight excluding hydrogens is 264 g/mol. The van der Waals surface area contributed by atoms with E-state index in [-0.39, 0.29) is 12.0 Å². The van der Waals surface area contributed by atoms with Gasteiger partial charge in [0.15, 0.2) is 0 Å². The Morgan fingerprint density at radius 1 is 1.37 bits per heavy atom. The first-order chi connectivity index (χ1) is 9.10. The first-order valence-corrected chi connectivity index (χ1v) is 6.72. The molecular formula is C11H16N6OS. The number of nitrogens with two attached hydrogens (primary N) is 1. The second-order valence-electron chi connectivity index (χ2n) is 3.93. The van der Waals surface area contributed by atoms with Gasteiger partial charge in [0, 0.05) is 11.9 Å². The first-order valence-electron chi connectivity index (χ1n) is 5.84. The molecule has 2 aromatic rings. The van der Waals surface area contributed by atoms with Gasteiger partial charge in [0.2, 0.25) is 11.9 Å². The molecule has 0 aromatic carbocycles. The van der Waals surface area contributed by atoms with Gasteiger partial charge in [-0.15, -0.1) is 11.3 Å². The lowest BCUT2D eigenvalue weighted by Crippen LogP contribution is -2.20. The van der Waals surface area contributed by atoms with Gasteiger partial charge in [0.1, 0.15) is 0 Å². The highest BCUT2D eigenvalue weighted by atomic mass is 32.1. The zero-order chi connectivity index (χ0) is 13.8. The minimum Gasteiger partial charge on any atom is -0.464 e. The molecule has 0 radical (unpaired) electrons. The van der Waals surface area contributed by atoms with E-state index in [4.69, 9.17) is 10.5 Å². The molecule has 0 aliphatic heterocycles. The van der Waals surface area contributed by atoms with Crippen molar-refractivity contribution in [3.05, 3.63) is 16.1 Å². The Labute approximate surface area is 115 Å². The average Bonchev–Trinajstić information content (AvgIpc) is 2.75. The third kappa shape index (κ3) is 3.28. The molecule has 2 rings (SSSR count). The Morgan fingerprint density at radius 3 is 2.79 bits per heavy atom. The van der Waals surface area contributed by atoms with Crippen LogP contribution in [0, 0.1) is 6.92 Å². The van der Waals surface area contributed by atoms with Crippen molar-refractivity contribution in [2.75, 3.05) is 24.3 Å². The van der Waals surface area contributed by atoms with Crippen molar-refractivity contribution < 1.29 is 4.74 Å². The summed E-state index contributed by atoms with van der Waals surface area (Å²) in [6, 6.07) is 0.248. The van der Waals surface area contributed by atoms with Crippen LogP contribution < -0.4 is 15.4 Å². The lowest BCUT2D eigenvalue weighted by atomic mass is 10.4. The predicted octanol–water partition coefficient (Wildman–Crippen LogP) is 1.25. The molecule has 8 heteroatoms. The molecule has 0 bridgehead atoms. The number of rotatable bonds is 5. The molecule has 2 heterocycles. The number of aryl methyl sites for hydroxylation is 1. The van der Waals surface area contributed by atoms with Crippen LogP contribution in [-0.2, 0) is 6.54 Å². The zero-order valence-electron chi connectivity index (χ0n) is 11.1. The summed E-state index contributed by atoms with van der Waals surface area (Å²) in [6.07, 6.45) is 0. The highest BCUT2D eigenvalue weighted by Gasteiger charge is 2.12. The van der Waals surface area contributed by atoms with Crippen LogP contribution in [0.15, 0.2) is 5.51 Å². The lowest BCUT2D eigenvalue weighted by molar-refractivity contribution is 0.312. The molecule has 7 nitrogen and oxygen atoms in total. The summed E-state index contributed by atoms with van der Waals surface area (Å²) in [4.78, 5) is 19.5. The van der Waals surface area contributed by atoms with Gasteiger partial charge >= 0.3 is 6.01 Å². The van der Waals surface area contributed by atoms with Crippen LogP contribution in [0.1, 0.15) is 17.5 Å². The van der Waals surface area contributed by atoms with Gasteiger partial charge in [-0.3, -0.25) is 0 Å². The summed E-state index contributed by atoms with van der Waals surface area (Å²) in [5, 5.41) is 0. The molecule has 0 fully saturated rings. The molecule has 2 aromatic heterocycles. The van der Waals surface area contributed by atoms with E-state index in [2.05, 4.69) is 19.9 Å². The zero-order valence-corrected chi connectivity index (χ0v) is 11.9. The maximum Gasteiger partial charge on any atom is 0.323 e. The normalized spacial score (nSPS) is 10.5. The van der Waals surface area contributed by atoms with Gasteiger partial charge in [0.25, 0.3) is 0 Å². The summed E-state index contributed by atoms with van der Waals surface area (Å²) >= 11 is 1.60. The largest absolute Gasteiger partial charge is 0.464 e. The summed E-state index contributed by atoms with van der Waals surface area (Å²) in [7, 11) is 1.89. The molecule has 0 spiro atoms. The quantitative estimate of drug-likeness (QED) is 0.881. The number of thiazole rings is 1. The van der Waals surface area contributed by atoms with Crippen LogP contribution in [0.3, 0.4) is 0 Å². The van der Waals surface area contributed by atoms with E-state index in [1.54, 1.807) is 11.3 Å². The third-order valence-electron chi connectivity index (χ3n) is 2.46. The molecule has 19 heavy (non-hydrogen) atoms. The Kier molecular flexibility index (Phi) is 4.10. The fourth-order valence-electron chi connectivity index (χ4n) is 1.49. The molecule has 0 aliphatic rings. The van der Waals surface area contributed by atoms with Crippen LogP contribution in [-0.4, -0.2) is 33.6 Å². The second-order valence-corrected chi connectivity index (χ2v) is 4.87. The van der Waals surface area contributed by atoms with Crippen molar-refractivity contribution in [2.24, 2.45) is 0 Å². The highest BCUT2D eigenvalue weighted by molar-refractivity contribution is 7.09. The fraction of sp³-hybridized carbons (Fsp3) is 0.455. The number of aromatic nitrogens is 4. The summed E-state index contributed by atoms with van der Waals surface area (Å²) < 4.78 is 5.26. The standard InChI is InChI=1S/C11H16N6OS/c1-4-18-11-15-9(12)14-10(16-11)17(3)5-8-7(2)13-6-19-8/h6H,4-5H2,1-3H3,(H2,12,14,15,16). The van der Waals surface area contributed by atoms with Crippen molar-refractivity contribution in [2.45, 2.75) is 20.4 Å². The molecule has 0 aliphatic carbocycles.